The second kappa shape index (κ2) is 6.18. The van der Waals surface area contributed by atoms with Crippen LogP contribution in [-0.2, 0) is 5.41 Å². The van der Waals surface area contributed by atoms with Gasteiger partial charge in [-0.25, -0.2) is 0 Å². The molecule has 0 radical (unpaired) electrons. The van der Waals surface area contributed by atoms with Crippen molar-refractivity contribution in [1.82, 2.24) is 0 Å². The topological polar surface area (TPSA) is 0 Å². The van der Waals surface area contributed by atoms with E-state index in [-0.39, 0.29) is 5.41 Å². The summed E-state index contributed by atoms with van der Waals surface area (Å²) in [6.45, 7) is 8.22. The second-order valence-electron chi connectivity index (χ2n) is 7.72. The molecule has 0 bridgehead atoms. The summed E-state index contributed by atoms with van der Waals surface area (Å²) in [7, 11) is 0. The van der Waals surface area contributed by atoms with Crippen LogP contribution in [0.15, 0.2) is 90.0 Å². The molecule has 0 aromatic heterocycles. The lowest BCUT2D eigenvalue weighted by molar-refractivity contribution is 0.809. The molecule has 2 aliphatic rings. The fourth-order valence-electron chi connectivity index (χ4n) is 4.89. The molecule has 28 heavy (non-hydrogen) atoms. The SMILES string of the molecule is C=C/C=C\C1=C(Br)C2(c3ccccc31)c1cc(C)ccc1-c1ccc(C)cc12. The fourth-order valence-corrected chi connectivity index (χ4v) is 5.88. The highest BCUT2D eigenvalue weighted by molar-refractivity contribution is 9.12. The molecule has 0 amide bonds. The molecule has 3 aromatic rings. The van der Waals surface area contributed by atoms with Crippen LogP contribution in [0, 0.1) is 13.8 Å². The van der Waals surface area contributed by atoms with Crippen LogP contribution in [0.2, 0.25) is 0 Å². The number of halogens is 1. The van der Waals surface area contributed by atoms with Crippen molar-refractivity contribution in [2.45, 2.75) is 19.3 Å². The Morgan fingerprint density at radius 3 is 2.00 bits per heavy atom. The first-order chi connectivity index (χ1) is 13.6. The van der Waals surface area contributed by atoms with Crippen LogP contribution in [0.5, 0.6) is 0 Å². The number of hydrogen-bond donors (Lipinski definition) is 0. The molecule has 0 fully saturated rings. The molecule has 136 valence electrons. The summed E-state index contributed by atoms with van der Waals surface area (Å²) < 4.78 is 1.22. The van der Waals surface area contributed by atoms with E-state index < -0.39 is 0 Å². The predicted octanol–water partition coefficient (Wildman–Crippen LogP) is 7.48. The Kier molecular flexibility index (Phi) is 3.86. The Hall–Kier alpha value is -2.64. The van der Waals surface area contributed by atoms with Gasteiger partial charge in [0, 0.05) is 4.48 Å². The van der Waals surface area contributed by atoms with Crippen molar-refractivity contribution in [2.75, 3.05) is 0 Å². The van der Waals surface area contributed by atoms with E-state index in [4.69, 9.17) is 0 Å². The third-order valence-electron chi connectivity index (χ3n) is 6.03. The highest BCUT2D eigenvalue weighted by atomic mass is 79.9. The van der Waals surface area contributed by atoms with Gasteiger partial charge in [0.1, 0.15) is 0 Å². The van der Waals surface area contributed by atoms with E-state index in [0.29, 0.717) is 0 Å². The fraction of sp³-hybridized carbons (Fsp3) is 0.111. The summed E-state index contributed by atoms with van der Waals surface area (Å²) in [5, 5.41) is 0. The van der Waals surface area contributed by atoms with Gasteiger partial charge in [-0.05, 0) is 52.8 Å². The molecule has 0 atom stereocenters. The molecule has 0 N–H and O–H groups in total. The first kappa shape index (κ1) is 17.5. The molecular formula is C27H21Br. The van der Waals surface area contributed by atoms with Crippen LogP contribution >= 0.6 is 15.9 Å². The van der Waals surface area contributed by atoms with E-state index >= 15 is 0 Å². The van der Waals surface area contributed by atoms with Crippen LogP contribution in [0.3, 0.4) is 0 Å². The van der Waals surface area contributed by atoms with Crippen LogP contribution in [0.25, 0.3) is 16.7 Å². The Morgan fingerprint density at radius 2 is 1.39 bits per heavy atom. The molecule has 0 saturated carbocycles. The number of rotatable bonds is 2. The molecule has 3 aromatic carbocycles. The minimum absolute atomic E-state index is 0.292. The Labute approximate surface area is 175 Å². The zero-order chi connectivity index (χ0) is 19.5. The maximum atomic E-state index is 4.08. The second-order valence-corrected chi connectivity index (χ2v) is 8.51. The predicted molar refractivity (Wildman–Crippen MR) is 123 cm³/mol. The summed E-state index contributed by atoms with van der Waals surface area (Å²) in [6.07, 6.45) is 6.04. The van der Waals surface area contributed by atoms with Crippen molar-refractivity contribution in [2.24, 2.45) is 0 Å². The van der Waals surface area contributed by atoms with Gasteiger partial charge in [-0.2, -0.15) is 0 Å². The third kappa shape index (κ3) is 2.11. The minimum Gasteiger partial charge on any atom is -0.0991 e. The van der Waals surface area contributed by atoms with Gasteiger partial charge in [0.05, 0.1) is 5.41 Å². The maximum Gasteiger partial charge on any atom is 0.0791 e. The third-order valence-corrected chi connectivity index (χ3v) is 7.06. The first-order valence-electron chi connectivity index (χ1n) is 9.61. The van der Waals surface area contributed by atoms with Gasteiger partial charge >= 0.3 is 0 Å². The standard InChI is InChI=1S/C27H21Br/c1-4-5-8-22-19-9-6-7-10-23(19)27(26(22)28)24-15-17(2)11-13-20(24)21-14-12-18(3)16-25(21)27/h4-16H,1H2,2-3H3/b8-5-. The number of aryl methyl sites for hydroxylation is 2. The number of fused-ring (bicyclic) bond motifs is 7. The van der Waals surface area contributed by atoms with E-state index in [0.717, 1.165) is 0 Å². The van der Waals surface area contributed by atoms with Crippen molar-refractivity contribution in [1.29, 1.82) is 0 Å². The van der Waals surface area contributed by atoms with Crippen LogP contribution in [-0.4, -0.2) is 0 Å². The van der Waals surface area contributed by atoms with E-state index in [1.54, 1.807) is 0 Å². The Bertz CT molecular complexity index is 1160. The lowest BCUT2D eigenvalue weighted by Crippen LogP contribution is -2.25. The van der Waals surface area contributed by atoms with Gasteiger partial charge in [-0.1, -0.05) is 113 Å². The van der Waals surface area contributed by atoms with Crippen LogP contribution in [0.4, 0.5) is 0 Å². The zero-order valence-corrected chi connectivity index (χ0v) is 17.7. The minimum atomic E-state index is -0.292. The monoisotopic (exact) mass is 424 g/mol. The van der Waals surface area contributed by atoms with Gasteiger partial charge in [-0.15, -0.1) is 0 Å². The quantitative estimate of drug-likeness (QED) is 0.374. The van der Waals surface area contributed by atoms with Gasteiger partial charge in [0.2, 0.25) is 0 Å². The van der Waals surface area contributed by atoms with E-state index in [1.165, 1.54) is 54.6 Å². The van der Waals surface area contributed by atoms with Crippen molar-refractivity contribution in [3.63, 3.8) is 0 Å². The number of allylic oxidation sites excluding steroid dienone is 5. The molecule has 0 nitrogen and oxygen atoms in total. The highest BCUT2D eigenvalue weighted by Crippen LogP contribution is 2.63. The molecule has 2 aliphatic carbocycles. The lowest BCUT2D eigenvalue weighted by Gasteiger charge is -2.30. The van der Waals surface area contributed by atoms with Gasteiger partial charge < -0.3 is 0 Å². The molecule has 5 rings (SSSR count). The van der Waals surface area contributed by atoms with E-state index in [1.807, 2.05) is 12.2 Å². The van der Waals surface area contributed by atoms with E-state index in [2.05, 4.69) is 103 Å². The van der Waals surface area contributed by atoms with E-state index in [9.17, 15) is 0 Å². The van der Waals surface area contributed by atoms with Crippen LogP contribution in [0.1, 0.15) is 33.4 Å². The van der Waals surface area contributed by atoms with Crippen molar-refractivity contribution in [3.8, 4) is 11.1 Å². The highest BCUT2D eigenvalue weighted by Gasteiger charge is 2.52. The molecule has 0 saturated heterocycles. The summed E-state index contributed by atoms with van der Waals surface area (Å²) in [5.41, 5.74) is 11.6. The van der Waals surface area contributed by atoms with Crippen molar-refractivity contribution >= 4 is 21.5 Å². The van der Waals surface area contributed by atoms with Gasteiger partial charge in [0.25, 0.3) is 0 Å². The van der Waals surface area contributed by atoms with Crippen molar-refractivity contribution in [3.05, 3.63) is 123 Å². The summed E-state index contributed by atoms with van der Waals surface area (Å²) in [5.74, 6) is 0. The van der Waals surface area contributed by atoms with Gasteiger partial charge in [0.15, 0.2) is 0 Å². The van der Waals surface area contributed by atoms with Crippen LogP contribution < -0.4 is 0 Å². The first-order valence-corrected chi connectivity index (χ1v) is 10.4. The Morgan fingerprint density at radius 1 is 0.786 bits per heavy atom. The maximum absolute atomic E-state index is 4.08. The smallest absolute Gasteiger partial charge is 0.0791 e. The lowest BCUT2D eigenvalue weighted by atomic mass is 9.73. The zero-order valence-electron chi connectivity index (χ0n) is 16.1. The molecule has 0 heterocycles. The summed E-state index contributed by atoms with van der Waals surface area (Å²) in [6, 6.07) is 22.5. The summed E-state index contributed by atoms with van der Waals surface area (Å²) in [4.78, 5) is 0. The van der Waals surface area contributed by atoms with Gasteiger partial charge in [-0.3, -0.25) is 0 Å². The molecule has 1 heteroatoms. The Balaban J connectivity index is 1.98. The number of benzene rings is 3. The van der Waals surface area contributed by atoms with Crippen molar-refractivity contribution < 1.29 is 0 Å². The normalized spacial score (nSPS) is 15.8. The molecular weight excluding hydrogens is 404 g/mol. The largest absolute Gasteiger partial charge is 0.0991 e. The molecule has 0 aliphatic heterocycles. The number of hydrogen-bond acceptors (Lipinski definition) is 0. The molecule has 0 unspecified atom stereocenters. The average molecular weight is 425 g/mol. The average Bonchev–Trinajstić information content (AvgIpc) is 3.11. The summed E-state index contributed by atoms with van der Waals surface area (Å²) >= 11 is 4.08. The molecule has 1 spiro atoms.